The topological polar surface area (TPSA) is 54.0 Å². The number of rotatable bonds is 8. The summed E-state index contributed by atoms with van der Waals surface area (Å²) >= 11 is 6.06. The van der Waals surface area contributed by atoms with Gasteiger partial charge >= 0.3 is 12.2 Å². The van der Waals surface area contributed by atoms with Gasteiger partial charge in [-0.3, -0.25) is 4.90 Å². The molecular formula is C28H29ClF3N3O3. The first-order chi connectivity index (χ1) is 18.2. The number of piperazine rings is 1. The van der Waals surface area contributed by atoms with Crippen molar-refractivity contribution >= 4 is 23.3 Å². The minimum Gasteiger partial charge on any atom is -0.497 e. The van der Waals surface area contributed by atoms with Crippen LogP contribution in [0, 0.1) is 0 Å². The van der Waals surface area contributed by atoms with Gasteiger partial charge in [-0.1, -0.05) is 41.9 Å². The normalized spacial score (nSPS) is 15.2. The van der Waals surface area contributed by atoms with Crippen LogP contribution < -0.4 is 10.1 Å². The molecular weight excluding hydrogens is 519 g/mol. The Morgan fingerprint density at radius 3 is 2.32 bits per heavy atom. The highest BCUT2D eigenvalue weighted by Crippen LogP contribution is 2.30. The van der Waals surface area contributed by atoms with Crippen LogP contribution in [0.2, 0.25) is 5.02 Å². The molecule has 10 heteroatoms. The van der Waals surface area contributed by atoms with Crippen LogP contribution in [0.4, 0.5) is 23.7 Å². The summed E-state index contributed by atoms with van der Waals surface area (Å²) < 4.78 is 50.0. The van der Waals surface area contributed by atoms with Crippen LogP contribution in [0.25, 0.3) is 0 Å². The summed E-state index contributed by atoms with van der Waals surface area (Å²) in [5.41, 5.74) is 1.54. The summed E-state index contributed by atoms with van der Waals surface area (Å²) in [4.78, 5) is 16.7. The Morgan fingerprint density at radius 1 is 1.00 bits per heavy atom. The average Bonchev–Trinajstić information content (AvgIpc) is 2.91. The molecule has 1 atom stereocenters. The maximum absolute atomic E-state index is 12.9. The van der Waals surface area contributed by atoms with Crippen molar-refractivity contribution < 1.29 is 27.4 Å². The molecule has 1 saturated heterocycles. The molecule has 0 radical (unpaired) electrons. The van der Waals surface area contributed by atoms with Crippen molar-refractivity contribution in [2.75, 3.05) is 45.2 Å². The van der Waals surface area contributed by atoms with E-state index in [1.807, 2.05) is 24.3 Å². The summed E-state index contributed by atoms with van der Waals surface area (Å²) in [6, 6.07) is 19.3. The number of anilines is 1. The zero-order valence-electron chi connectivity index (χ0n) is 20.9. The maximum Gasteiger partial charge on any atom is 0.416 e. The molecule has 0 unspecified atom stereocenters. The van der Waals surface area contributed by atoms with E-state index < -0.39 is 11.7 Å². The fourth-order valence-electron chi connectivity index (χ4n) is 4.19. The van der Waals surface area contributed by atoms with Crippen molar-refractivity contribution in [3.8, 4) is 5.75 Å². The molecule has 1 heterocycles. The predicted molar refractivity (Wildman–Crippen MR) is 140 cm³/mol. The first-order valence-corrected chi connectivity index (χ1v) is 12.5. The second kappa shape index (κ2) is 12.5. The lowest BCUT2D eigenvalue weighted by Crippen LogP contribution is -2.50. The third-order valence-corrected chi connectivity index (χ3v) is 6.63. The Morgan fingerprint density at radius 2 is 1.68 bits per heavy atom. The van der Waals surface area contributed by atoms with Gasteiger partial charge in [0.15, 0.2) is 0 Å². The van der Waals surface area contributed by atoms with Gasteiger partial charge in [0.05, 0.1) is 25.4 Å². The lowest BCUT2D eigenvalue weighted by molar-refractivity contribution is -0.137. The van der Waals surface area contributed by atoms with Gasteiger partial charge < -0.3 is 19.7 Å². The summed E-state index contributed by atoms with van der Waals surface area (Å²) in [6.07, 6.45) is -4.70. The van der Waals surface area contributed by atoms with Crippen molar-refractivity contribution in [1.29, 1.82) is 0 Å². The highest BCUT2D eigenvalue weighted by Gasteiger charge is 2.30. The van der Waals surface area contributed by atoms with E-state index >= 15 is 0 Å². The van der Waals surface area contributed by atoms with Gasteiger partial charge in [0.1, 0.15) is 5.75 Å². The van der Waals surface area contributed by atoms with Crippen molar-refractivity contribution in [3.63, 3.8) is 0 Å². The fraction of sp³-hybridized carbons (Fsp3) is 0.321. The van der Waals surface area contributed by atoms with E-state index in [1.54, 1.807) is 36.3 Å². The number of ether oxygens (including phenoxy) is 2. The molecule has 0 saturated carbocycles. The Kier molecular flexibility index (Phi) is 9.14. The van der Waals surface area contributed by atoms with Crippen LogP contribution in [-0.2, 0) is 17.5 Å². The molecule has 1 aliphatic rings. The number of halogens is 4. The highest BCUT2D eigenvalue weighted by molar-refractivity contribution is 6.30. The number of hydrogen-bond acceptors (Lipinski definition) is 4. The number of hydrogen-bond donors (Lipinski definition) is 1. The lowest BCUT2D eigenvalue weighted by atomic mass is 10.1. The van der Waals surface area contributed by atoms with Crippen molar-refractivity contribution in [2.24, 2.45) is 0 Å². The third-order valence-electron chi connectivity index (χ3n) is 6.38. The van der Waals surface area contributed by atoms with E-state index in [0.29, 0.717) is 54.7 Å². The molecule has 2 amide bonds. The lowest BCUT2D eigenvalue weighted by Gasteiger charge is -2.36. The molecule has 38 heavy (non-hydrogen) atoms. The number of alkyl halides is 3. The first-order valence-electron chi connectivity index (χ1n) is 12.2. The largest absolute Gasteiger partial charge is 0.497 e. The summed E-state index contributed by atoms with van der Waals surface area (Å²) in [5, 5.41) is 3.51. The molecule has 4 rings (SSSR count). The predicted octanol–water partition coefficient (Wildman–Crippen LogP) is 6.48. The molecule has 0 aliphatic carbocycles. The van der Waals surface area contributed by atoms with Gasteiger partial charge in [-0.25, -0.2) is 4.79 Å². The Bertz CT molecular complexity index is 1200. The number of carbonyl (C=O) groups excluding carboxylic acids is 1. The molecule has 1 fully saturated rings. The summed E-state index contributed by atoms with van der Waals surface area (Å²) in [5.74, 6) is 0.664. The maximum atomic E-state index is 12.9. The van der Waals surface area contributed by atoms with Crippen LogP contribution >= 0.6 is 11.6 Å². The number of methoxy groups -OCH3 is 1. The molecule has 0 bridgehead atoms. The molecule has 0 aromatic heterocycles. The number of urea groups is 1. The van der Waals surface area contributed by atoms with E-state index in [1.165, 1.54) is 12.1 Å². The zero-order chi connectivity index (χ0) is 27.1. The minimum atomic E-state index is -4.38. The fourth-order valence-corrected chi connectivity index (χ4v) is 4.32. The van der Waals surface area contributed by atoms with Crippen LogP contribution in [-0.4, -0.2) is 55.7 Å². The van der Waals surface area contributed by atoms with E-state index in [9.17, 15) is 18.0 Å². The molecule has 3 aromatic rings. The smallest absolute Gasteiger partial charge is 0.416 e. The van der Waals surface area contributed by atoms with E-state index in [4.69, 9.17) is 21.1 Å². The van der Waals surface area contributed by atoms with E-state index in [2.05, 4.69) is 10.2 Å². The van der Waals surface area contributed by atoms with E-state index in [0.717, 1.165) is 17.7 Å². The molecule has 6 nitrogen and oxygen atoms in total. The molecule has 1 N–H and O–H groups in total. The monoisotopic (exact) mass is 547 g/mol. The highest BCUT2D eigenvalue weighted by atomic mass is 35.5. The van der Waals surface area contributed by atoms with Crippen LogP contribution in [0.3, 0.4) is 0 Å². The summed E-state index contributed by atoms with van der Waals surface area (Å²) in [7, 11) is 1.57. The summed E-state index contributed by atoms with van der Waals surface area (Å²) in [6.45, 7) is 3.12. The Balaban J connectivity index is 1.35. The first kappa shape index (κ1) is 27.8. The van der Waals surface area contributed by atoms with Crippen molar-refractivity contribution in [1.82, 2.24) is 9.80 Å². The number of benzene rings is 3. The molecule has 3 aromatic carbocycles. The Hall–Kier alpha value is -3.27. The second-order valence-corrected chi connectivity index (χ2v) is 9.43. The minimum absolute atomic E-state index is 0.161. The quantitative estimate of drug-likeness (QED) is 0.351. The molecule has 1 aliphatic heterocycles. The van der Waals surface area contributed by atoms with Crippen LogP contribution in [0.5, 0.6) is 5.75 Å². The number of nitrogens with one attached hydrogen (secondary N) is 1. The van der Waals surface area contributed by atoms with Crippen LogP contribution in [0.15, 0.2) is 72.8 Å². The zero-order valence-corrected chi connectivity index (χ0v) is 21.6. The van der Waals surface area contributed by atoms with Gasteiger partial charge in [-0.2, -0.15) is 13.2 Å². The van der Waals surface area contributed by atoms with Gasteiger partial charge in [0.2, 0.25) is 0 Å². The average molecular weight is 548 g/mol. The number of amides is 2. The van der Waals surface area contributed by atoms with E-state index in [-0.39, 0.29) is 18.7 Å². The van der Waals surface area contributed by atoms with Gasteiger partial charge in [-0.05, 0) is 47.5 Å². The number of carbonyl (C=O) groups is 1. The van der Waals surface area contributed by atoms with Gasteiger partial charge in [-0.15, -0.1) is 0 Å². The van der Waals surface area contributed by atoms with Crippen LogP contribution in [0.1, 0.15) is 22.8 Å². The standard InChI is InChI=1S/C28H29ClF3N3O3/c1-37-25-4-2-3-24(17-25)33-27(36)35-15-13-34(14-16-35)18-26(21-7-11-23(29)12-8-21)38-19-20-5-9-22(10-6-20)28(30,31)32/h2-12,17,26H,13-16,18-19H2,1H3,(H,33,36)/t26-/m1/s1. The third kappa shape index (κ3) is 7.63. The van der Waals surface area contributed by atoms with Crippen molar-refractivity contribution in [3.05, 3.63) is 94.5 Å². The van der Waals surface area contributed by atoms with Gasteiger partial charge in [0, 0.05) is 49.5 Å². The van der Waals surface area contributed by atoms with Crippen molar-refractivity contribution in [2.45, 2.75) is 18.9 Å². The molecule has 202 valence electrons. The number of nitrogens with zero attached hydrogens (tertiary/aromatic N) is 2. The van der Waals surface area contributed by atoms with Gasteiger partial charge in [0.25, 0.3) is 0 Å². The second-order valence-electron chi connectivity index (χ2n) is 9.00. The molecule has 0 spiro atoms. The Labute approximate surface area is 224 Å². The SMILES string of the molecule is COc1cccc(NC(=O)N2CCN(C[C@@H](OCc3ccc(C(F)(F)F)cc3)c3ccc(Cl)cc3)CC2)c1.